The van der Waals surface area contributed by atoms with Crippen molar-refractivity contribution in [3.63, 3.8) is 0 Å². The van der Waals surface area contributed by atoms with E-state index in [4.69, 9.17) is 0 Å². The molecule has 0 aliphatic carbocycles. The van der Waals surface area contributed by atoms with Crippen LogP contribution in [0.5, 0.6) is 0 Å². The second-order valence-electron chi connectivity index (χ2n) is 4.22. The van der Waals surface area contributed by atoms with Gasteiger partial charge in [0.05, 0.1) is 0 Å². The van der Waals surface area contributed by atoms with Gasteiger partial charge in [-0.05, 0) is 27.7 Å². The van der Waals surface area contributed by atoms with Gasteiger partial charge < -0.3 is 10.6 Å². The number of halogens is 4. The van der Waals surface area contributed by atoms with Crippen LogP contribution in [0.2, 0.25) is 0 Å². The van der Waals surface area contributed by atoms with E-state index >= 15 is 0 Å². The summed E-state index contributed by atoms with van der Waals surface area (Å²) in [7, 11) is -12.6. The molecule has 0 unspecified atom stereocenters. The van der Waals surface area contributed by atoms with Crippen molar-refractivity contribution >= 4 is 15.5 Å². The first kappa shape index (κ1) is 17.5. The third-order valence-electron chi connectivity index (χ3n) is 1.58. The van der Waals surface area contributed by atoms with Crippen molar-refractivity contribution in [3.05, 3.63) is 10.9 Å². The van der Waals surface area contributed by atoms with Crippen molar-refractivity contribution in [1.29, 1.82) is 0 Å². The molecule has 108 valence electrons. The Bertz CT molecular complexity index is 377. The van der Waals surface area contributed by atoms with Gasteiger partial charge in [-0.2, -0.15) is 0 Å². The van der Waals surface area contributed by atoms with Crippen molar-refractivity contribution in [3.8, 4) is 0 Å². The highest BCUT2D eigenvalue weighted by molar-refractivity contribution is 7.78. The summed E-state index contributed by atoms with van der Waals surface area (Å²) in [6.07, 6.45) is 0. The fourth-order valence-electron chi connectivity index (χ4n) is 1.14. The van der Waals surface area contributed by atoms with Crippen molar-refractivity contribution in [1.82, 2.24) is 10.6 Å². The molecule has 0 aromatic rings. The van der Waals surface area contributed by atoms with Gasteiger partial charge in [0, 0.05) is 12.1 Å². The monoisotopic (exact) mass is 310 g/mol. The first-order valence-electron chi connectivity index (χ1n) is 5.13. The van der Waals surface area contributed by atoms with Crippen molar-refractivity contribution in [2.75, 3.05) is 0 Å². The minimum atomic E-state index is -6.32. The van der Waals surface area contributed by atoms with Crippen LogP contribution in [0.25, 0.3) is 0 Å². The Morgan fingerprint density at radius 1 is 0.833 bits per heavy atom. The maximum absolute atomic E-state index is 12.8. The van der Waals surface area contributed by atoms with Gasteiger partial charge in [-0.3, -0.25) is 0 Å². The van der Waals surface area contributed by atoms with Gasteiger partial charge in [-0.25, -0.2) is 9.13 Å². The highest BCUT2D eigenvalue weighted by Gasteiger charge is 2.46. The predicted molar refractivity (Wildman–Crippen MR) is 63.2 cm³/mol. The van der Waals surface area contributed by atoms with Crippen molar-refractivity contribution in [2.45, 2.75) is 39.8 Å². The topological polar surface area (TPSA) is 58.2 Å². The highest BCUT2D eigenvalue weighted by Crippen LogP contribution is 2.76. The summed E-state index contributed by atoms with van der Waals surface area (Å²) in [6.45, 7) is 6.07. The molecule has 0 aliphatic rings. The number of hydrogen-bond acceptors (Lipinski definition) is 4. The van der Waals surface area contributed by atoms with Crippen LogP contribution < -0.4 is 10.6 Å². The number of rotatable bonds is 6. The van der Waals surface area contributed by atoms with Crippen LogP contribution in [0.4, 0.5) is 16.8 Å². The Hall–Kier alpha value is -0.480. The van der Waals surface area contributed by atoms with Gasteiger partial charge in [-0.1, -0.05) is 0 Å². The summed E-state index contributed by atoms with van der Waals surface area (Å²) in [5.41, 5.74) is 0. The van der Waals surface area contributed by atoms with E-state index < -0.39 is 38.5 Å². The summed E-state index contributed by atoms with van der Waals surface area (Å²) in [5.74, 6) is -0.818. The molecule has 0 amide bonds. The summed E-state index contributed by atoms with van der Waals surface area (Å²) < 4.78 is 72.5. The molecule has 0 saturated carbocycles. The van der Waals surface area contributed by atoms with Gasteiger partial charge in [0.2, 0.25) is 5.06 Å². The molecule has 0 atom stereocenters. The van der Waals surface area contributed by atoms with E-state index in [0.717, 1.165) is 0 Å². The third-order valence-corrected chi connectivity index (χ3v) is 4.41. The number of nitrogens with one attached hydrogen (secondary N) is 2. The molecule has 18 heavy (non-hydrogen) atoms. The quantitative estimate of drug-likeness (QED) is 0.565. The van der Waals surface area contributed by atoms with Crippen LogP contribution in [0.3, 0.4) is 0 Å². The van der Waals surface area contributed by atoms with Gasteiger partial charge in [0.15, 0.2) is 0 Å². The van der Waals surface area contributed by atoms with E-state index in [1.807, 2.05) is 0 Å². The van der Waals surface area contributed by atoms with Crippen LogP contribution >= 0.6 is 15.5 Å². The average Bonchev–Trinajstić information content (AvgIpc) is 1.93. The maximum Gasteiger partial charge on any atom is 0.445 e. The summed E-state index contributed by atoms with van der Waals surface area (Å²) in [6, 6.07) is -0.946. The number of hydrogen-bond donors (Lipinski definition) is 2. The second-order valence-corrected chi connectivity index (χ2v) is 7.32. The molecule has 4 nitrogen and oxygen atoms in total. The lowest BCUT2D eigenvalue weighted by Gasteiger charge is -2.21. The Balaban J connectivity index is 5.86. The molecule has 0 saturated heterocycles. The maximum atomic E-state index is 12.8. The van der Waals surface area contributed by atoms with Crippen LogP contribution in [0.15, 0.2) is 10.9 Å². The molecule has 0 aliphatic heterocycles. The molecule has 0 aromatic heterocycles. The lowest BCUT2D eigenvalue weighted by Crippen LogP contribution is -2.36. The van der Waals surface area contributed by atoms with Crippen LogP contribution in [-0.4, -0.2) is 12.1 Å². The molecule has 0 bridgehead atoms. The van der Waals surface area contributed by atoms with Gasteiger partial charge in [-0.15, -0.1) is 16.8 Å². The fraction of sp³-hybridized carbons (Fsp3) is 0.750. The highest BCUT2D eigenvalue weighted by atomic mass is 31.3. The first-order chi connectivity index (χ1) is 7.85. The van der Waals surface area contributed by atoms with E-state index in [9.17, 15) is 25.9 Å². The molecular formula is C8H16F4N2O2P2. The van der Waals surface area contributed by atoms with Gasteiger partial charge in [0.1, 0.15) is 5.82 Å². The van der Waals surface area contributed by atoms with E-state index in [1.54, 1.807) is 0 Å². The average molecular weight is 310 g/mol. The van der Waals surface area contributed by atoms with Crippen molar-refractivity contribution in [2.24, 2.45) is 0 Å². The molecule has 10 heteroatoms. The zero-order chi connectivity index (χ0) is 14.7. The molecule has 0 radical (unpaired) electrons. The minimum Gasteiger partial charge on any atom is -0.369 e. The largest absolute Gasteiger partial charge is 0.445 e. The van der Waals surface area contributed by atoms with Crippen LogP contribution in [0, 0.1) is 0 Å². The summed E-state index contributed by atoms with van der Waals surface area (Å²) in [5, 5.41) is 2.48. The normalized spacial score (nSPS) is 12.8. The van der Waals surface area contributed by atoms with Gasteiger partial charge >= 0.3 is 15.5 Å². The summed E-state index contributed by atoms with van der Waals surface area (Å²) in [4.78, 5) is 0. The minimum absolute atomic E-state index is 0.473. The smallest absolute Gasteiger partial charge is 0.369 e. The van der Waals surface area contributed by atoms with Crippen molar-refractivity contribution < 1.29 is 25.9 Å². The van der Waals surface area contributed by atoms with Crippen LogP contribution in [0.1, 0.15) is 27.7 Å². The molecule has 2 N–H and O–H groups in total. The van der Waals surface area contributed by atoms with Gasteiger partial charge in [0.25, 0.3) is 0 Å². The summed E-state index contributed by atoms with van der Waals surface area (Å²) >= 11 is 0. The Morgan fingerprint density at radius 2 is 1.11 bits per heavy atom. The molecule has 0 spiro atoms. The molecule has 0 heterocycles. The van der Waals surface area contributed by atoms with E-state index in [2.05, 4.69) is 10.6 Å². The molecule has 0 rings (SSSR count). The van der Waals surface area contributed by atoms with E-state index in [1.165, 1.54) is 27.7 Å². The standard InChI is InChI=1S/C8H16F4N2O2P2/c1-5(2)13-7(14-6(3)4)8(17(9,10)15)18(11,12)16/h5-6,13-14H,1-4H3. The Kier molecular flexibility index (Phi) is 5.95. The first-order valence-corrected chi connectivity index (χ1v) is 8.10. The molecular weight excluding hydrogens is 294 g/mol. The third kappa shape index (κ3) is 5.91. The predicted octanol–water partition coefficient (Wildman–Crippen LogP) is 4.37. The zero-order valence-electron chi connectivity index (χ0n) is 10.4. The Morgan fingerprint density at radius 3 is 1.28 bits per heavy atom. The van der Waals surface area contributed by atoms with E-state index in [-0.39, 0.29) is 0 Å². The lowest BCUT2D eigenvalue weighted by molar-refractivity contribution is 0.485. The second kappa shape index (κ2) is 6.11. The molecule has 0 aromatic carbocycles. The van der Waals surface area contributed by atoms with Crippen LogP contribution in [-0.2, 0) is 9.13 Å². The Labute approximate surface area is 103 Å². The molecule has 0 fully saturated rings. The SMILES string of the molecule is CC(C)NC(NC(C)C)=C(P(=O)(F)F)P(=O)(F)F. The lowest BCUT2D eigenvalue weighted by atomic mass is 10.3. The fourth-order valence-corrected chi connectivity index (χ4v) is 3.01. The zero-order valence-corrected chi connectivity index (χ0v) is 12.2. The van der Waals surface area contributed by atoms with E-state index in [0.29, 0.717) is 0 Å².